The summed E-state index contributed by atoms with van der Waals surface area (Å²) in [5, 5.41) is 15.2. The summed E-state index contributed by atoms with van der Waals surface area (Å²) in [6.07, 6.45) is 5.32. The number of benzene rings is 1. The van der Waals surface area contributed by atoms with E-state index in [0.29, 0.717) is 5.82 Å². The highest BCUT2D eigenvalue weighted by atomic mass is 79.9. The molecule has 0 saturated carbocycles. The smallest absolute Gasteiger partial charge is 0.259 e. The maximum absolute atomic E-state index is 4.28. The molecule has 0 unspecified atom stereocenters. The van der Waals surface area contributed by atoms with Gasteiger partial charge in [-0.15, -0.1) is 9.61 Å². The zero-order valence-corrected chi connectivity index (χ0v) is 12.5. The summed E-state index contributed by atoms with van der Waals surface area (Å²) in [7, 11) is 0. The second-order valence-electron chi connectivity index (χ2n) is 4.20. The van der Waals surface area contributed by atoms with Gasteiger partial charge in [-0.25, -0.2) is 0 Å². The van der Waals surface area contributed by atoms with E-state index in [2.05, 4.69) is 41.8 Å². The van der Waals surface area contributed by atoms with Gasteiger partial charge < -0.3 is 0 Å². The minimum absolute atomic E-state index is 0.630. The van der Waals surface area contributed by atoms with Crippen molar-refractivity contribution in [2.24, 2.45) is 5.10 Å². The van der Waals surface area contributed by atoms with Crippen LogP contribution in [0.3, 0.4) is 0 Å². The number of aromatic nitrogens is 4. The lowest BCUT2D eigenvalue weighted by Gasteiger charge is -1.96. The number of aromatic amines is 1. The fraction of sp³-hybridized carbons (Fsp3) is 0. The Morgan fingerprint density at radius 2 is 2.10 bits per heavy atom. The fourth-order valence-corrected chi connectivity index (χ4v) is 2.10. The van der Waals surface area contributed by atoms with Gasteiger partial charge in [0.25, 0.3) is 0 Å². The number of nitrogens with zero attached hydrogens (tertiary/aromatic N) is 4. The van der Waals surface area contributed by atoms with E-state index >= 15 is 0 Å². The van der Waals surface area contributed by atoms with Crippen LogP contribution >= 0.6 is 15.9 Å². The first-order chi connectivity index (χ1) is 10.3. The van der Waals surface area contributed by atoms with Gasteiger partial charge in [-0.3, -0.25) is 5.43 Å². The number of allylic oxidation sites excluding steroid dienone is 1. The molecule has 0 fully saturated rings. The normalized spacial score (nSPS) is 12.1. The number of H-pyrrole nitrogens is 1. The Hall–Kier alpha value is -2.54. The third-order valence-corrected chi connectivity index (χ3v) is 3.10. The van der Waals surface area contributed by atoms with E-state index in [1.165, 1.54) is 0 Å². The summed E-state index contributed by atoms with van der Waals surface area (Å²) >= 11 is 3.45. The summed E-state index contributed by atoms with van der Waals surface area (Å²) in [6, 6.07) is 13.7. The molecule has 1 aromatic carbocycles. The molecule has 7 heteroatoms. The quantitative estimate of drug-likeness (QED) is 0.434. The average molecular weight is 344 g/mol. The van der Waals surface area contributed by atoms with Gasteiger partial charge in [-0.1, -0.05) is 35.4 Å². The molecule has 2 aromatic heterocycles. The van der Waals surface area contributed by atoms with E-state index in [4.69, 9.17) is 0 Å². The third kappa shape index (κ3) is 3.51. The van der Waals surface area contributed by atoms with Gasteiger partial charge in [0.2, 0.25) is 6.33 Å². The molecule has 0 spiro atoms. The molecule has 0 aliphatic rings. The van der Waals surface area contributed by atoms with E-state index in [0.717, 1.165) is 15.7 Å². The summed E-state index contributed by atoms with van der Waals surface area (Å²) in [5.41, 5.74) is 4.71. The summed E-state index contributed by atoms with van der Waals surface area (Å²) < 4.78 is 2.49. The molecule has 0 atom stereocenters. The van der Waals surface area contributed by atoms with Gasteiger partial charge in [0.15, 0.2) is 5.82 Å². The number of rotatable bonds is 4. The van der Waals surface area contributed by atoms with Gasteiger partial charge >= 0.3 is 5.65 Å². The minimum atomic E-state index is 0.630. The van der Waals surface area contributed by atoms with Crippen molar-refractivity contribution in [2.45, 2.75) is 0 Å². The van der Waals surface area contributed by atoms with Crippen molar-refractivity contribution in [3.05, 3.63) is 58.8 Å². The molecule has 0 aliphatic heterocycles. The first-order valence-electron chi connectivity index (χ1n) is 6.25. The molecule has 3 aromatic rings. The van der Waals surface area contributed by atoms with Crippen molar-refractivity contribution in [2.75, 3.05) is 5.43 Å². The lowest BCUT2D eigenvalue weighted by atomic mass is 10.2. The maximum Gasteiger partial charge on any atom is 0.325 e. The van der Waals surface area contributed by atoms with E-state index in [-0.39, 0.29) is 0 Å². The predicted molar refractivity (Wildman–Crippen MR) is 85.0 cm³/mol. The van der Waals surface area contributed by atoms with E-state index in [1.807, 2.05) is 48.5 Å². The van der Waals surface area contributed by atoms with Crippen molar-refractivity contribution in [1.82, 2.24) is 15.3 Å². The van der Waals surface area contributed by atoms with Gasteiger partial charge in [-0.05, 0) is 33.6 Å². The van der Waals surface area contributed by atoms with Crippen LogP contribution in [0.4, 0.5) is 5.82 Å². The van der Waals surface area contributed by atoms with Gasteiger partial charge in [-0.2, -0.15) is 5.10 Å². The Balaban J connectivity index is 1.67. The second kappa shape index (κ2) is 6.27. The third-order valence-electron chi connectivity index (χ3n) is 2.67. The van der Waals surface area contributed by atoms with Crippen LogP contribution in [-0.2, 0) is 0 Å². The van der Waals surface area contributed by atoms with Crippen LogP contribution in [0.1, 0.15) is 5.56 Å². The van der Waals surface area contributed by atoms with Gasteiger partial charge in [0, 0.05) is 15.6 Å². The van der Waals surface area contributed by atoms with Gasteiger partial charge in [0.1, 0.15) is 0 Å². The second-order valence-corrected chi connectivity index (χ2v) is 5.12. The topological polar surface area (TPSA) is 70.1 Å². The number of anilines is 1. The SMILES string of the molecule is BrC(=C\c1ccccc1)/C=N/Nc1ccc2n[nH]c[n+]2n1. The molecule has 0 amide bonds. The number of hydrazone groups is 1. The molecule has 0 bridgehead atoms. The van der Waals surface area contributed by atoms with Crippen LogP contribution in [0.2, 0.25) is 0 Å². The molecule has 6 nitrogen and oxygen atoms in total. The molecule has 0 aliphatic carbocycles. The largest absolute Gasteiger partial charge is 0.325 e. The molecule has 21 heavy (non-hydrogen) atoms. The fourth-order valence-electron chi connectivity index (χ4n) is 1.73. The number of halogens is 1. The van der Waals surface area contributed by atoms with Crippen LogP contribution in [0.5, 0.6) is 0 Å². The van der Waals surface area contributed by atoms with Crippen molar-refractivity contribution in [3.63, 3.8) is 0 Å². The maximum atomic E-state index is 4.28. The molecule has 0 radical (unpaired) electrons. The van der Waals surface area contributed by atoms with Crippen molar-refractivity contribution < 1.29 is 4.52 Å². The van der Waals surface area contributed by atoms with Crippen LogP contribution in [0.15, 0.2) is 58.4 Å². The summed E-state index contributed by atoms with van der Waals surface area (Å²) in [6.45, 7) is 0. The van der Waals surface area contributed by atoms with Crippen molar-refractivity contribution >= 4 is 39.7 Å². The molecule has 0 saturated heterocycles. The Morgan fingerprint density at radius 1 is 1.24 bits per heavy atom. The Kier molecular flexibility index (Phi) is 4.02. The minimum Gasteiger partial charge on any atom is -0.259 e. The standard InChI is InChI=1S/C14H11BrN6/c15-12(8-11-4-2-1-3-5-11)9-16-18-13-6-7-14-19-17-10-21(14)20-13/h1-10H,(H,18,20)/p+1/b12-8-,16-9+. The molecular formula is C14H12BrN6+. The van der Waals surface area contributed by atoms with Crippen LogP contribution in [0, 0.1) is 0 Å². The number of fused-ring (bicyclic) bond motifs is 1. The highest BCUT2D eigenvalue weighted by Gasteiger charge is 2.04. The molecule has 104 valence electrons. The van der Waals surface area contributed by atoms with Crippen LogP contribution in [-0.4, -0.2) is 21.5 Å². The molecule has 3 rings (SSSR count). The Bertz CT molecular complexity index is 793. The summed E-state index contributed by atoms with van der Waals surface area (Å²) in [5.74, 6) is 0.630. The van der Waals surface area contributed by atoms with Crippen LogP contribution in [0.25, 0.3) is 11.7 Å². The number of hydrogen-bond acceptors (Lipinski definition) is 4. The van der Waals surface area contributed by atoms with Crippen LogP contribution < -0.4 is 9.94 Å². The first kappa shape index (κ1) is 13.4. The first-order valence-corrected chi connectivity index (χ1v) is 7.04. The lowest BCUT2D eigenvalue weighted by Crippen LogP contribution is -2.24. The Morgan fingerprint density at radius 3 is 2.95 bits per heavy atom. The van der Waals surface area contributed by atoms with E-state index in [9.17, 15) is 0 Å². The van der Waals surface area contributed by atoms with Crippen molar-refractivity contribution in [3.8, 4) is 0 Å². The monoisotopic (exact) mass is 343 g/mol. The molecule has 2 heterocycles. The highest BCUT2D eigenvalue weighted by molar-refractivity contribution is 9.12. The number of nitrogens with one attached hydrogen (secondary N) is 2. The lowest BCUT2D eigenvalue weighted by molar-refractivity contribution is -0.579. The summed E-state index contributed by atoms with van der Waals surface area (Å²) in [4.78, 5) is 0. The predicted octanol–water partition coefficient (Wildman–Crippen LogP) is 2.38. The molecule has 2 N–H and O–H groups in total. The number of hydrogen-bond donors (Lipinski definition) is 2. The Labute approximate surface area is 129 Å². The zero-order valence-electron chi connectivity index (χ0n) is 10.9. The van der Waals surface area contributed by atoms with E-state index in [1.54, 1.807) is 17.1 Å². The van der Waals surface area contributed by atoms with Gasteiger partial charge in [0.05, 0.1) is 6.21 Å². The van der Waals surface area contributed by atoms with Crippen molar-refractivity contribution in [1.29, 1.82) is 0 Å². The highest BCUT2D eigenvalue weighted by Crippen LogP contribution is 2.10. The zero-order chi connectivity index (χ0) is 14.5. The molecular weight excluding hydrogens is 332 g/mol. The van der Waals surface area contributed by atoms with E-state index < -0.39 is 0 Å². The average Bonchev–Trinajstić information content (AvgIpc) is 2.96.